The van der Waals surface area contributed by atoms with Gasteiger partial charge in [-0.25, -0.2) is 14.6 Å². The topological polar surface area (TPSA) is 131 Å². The maximum absolute atomic E-state index is 11.5. The number of aliphatic imine (C=N–C) groups is 1. The van der Waals surface area contributed by atoms with Gasteiger partial charge in [0.15, 0.2) is 0 Å². The van der Waals surface area contributed by atoms with Crippen LogP contribution < -0.4 is 4.74 Å². The Labute approximate surface area is 182 Å². The SMILES string of the molecule is C#Cc1cncc(-c2ccc3c(c2)C2(COC(N(C(=O)O)C(=O)O)=N2)C2(COC2)CO3)c1. The molecule has 162 valence electrons. The van der Waals surface area contributed by atoms with Crippen LogP contribution in [0.5, 0.6) is 5.75 Å². The summed E-state index contributed by atoms with van der Waals surface area (Å²) in [6.07, 6.45) is 5.35. The van der Waals surface area contributed by atoms with E-state index in [4.69, 9.17) is 20.6 Å². The van der Waals surface area contributed by atoms with Gasteiger partial charge in [-0.15, -0.1) is 11.3 Å². The molecule has 3 aliphatic rings. The van der Waals surface area contributed by atoms with Crippen molar-refractivity contribution in [2.75, 3.05) is 26.4 Å². The Morgan fingerprint density at radius 1 is 1.03 bits per heavy atom. The third-order valence-electron chi connectivity index (χ3n) is 6.07. The first-order valence-corrected chi connectivity index (χ1v) is 9.65. The molecule has 2 spiro atoms. The van der Waals surface area contributed by atoms with Crippen molar-refractivity contribution in [2.24, 2.45) is 10.4 Å². The van der Waals surface area contributed by atoms with E-state index in [-0.39, 0.29) is 18.1 Å². The Balaban J connectivity index is 1.67. The summed E-state index contributed by atoms with van der Waals surface area (Å²) < 4.78 is 17.0. The summed E-state index contributed by atoms with van der Waals surface area (Å²) in [4.78, 5) is 31.8. The third-order valence-corrected chi connectivity index (χ3v) is 6.07. The Hall–Kier alpha value is -4.10. The second-order valence-corrected chi connectivity index (χ2v) is 7.82. The van der Waals surface area contributed by atoms with Crippen LogP contribution in [-0.4, -0.2) is 64.7 Å². The van der Waals surface area contributed by atoms with Gasteiger partial charge in [-0.2, -0.15) is 0 Å². The van der Waals surface area contributed by atoms with Crippen LogP contribution in [0.3, 0.4) is 0 Å². The number of terminal acetylenes is 1. The van der Waals surface area contributed by atoms with E-state index in [9.17, 15) is 19.8 Å². The Kier molecular flexibility index (Phi) is 4.32. The van der Waals surface area contributed by atoms with E-state index in [1.54, 1.807) is 18.5 Å². The lowest BCUT2D eigenvalue weighted by Crippen LogP contribution is -2.63. The highest BCUT2D eigenvalue weighted by Crippen LogP contribution is 2.56. The molecule has 32 heavy (non-hydrogen) atoms. The third kappa shape index (κ3) is 2.72. The Morgan fingerprint density at radius 3 is 2.47 bits per heavy atom. The zero-order valence-electron chi connectivity index (χ0n) is 16.6. The summed E-state index contributed by atoms with van der Waals surface area (Å²) >= 11 is 0. The molecule has 0 bridgehead atoms. The minimum atomic E-state index is -1.70. The van der Waals surface area contributed by atoms with Gasteiger partial charge in [0.05, 0.1) is 18.6 Å². The first-order valence-electron chi connectivity index (χ1n) is 9.65. The van der Waals surface area contributed by atoms with Crippen LogP contribution in [0.2, 0.25) is 0 Å². The average molecular weight is 435 g/mol. The van der Waals surface area contributed by atoms with E-state index >= 15 is 0 Å². The number of benzene rings is 1. The molecule has 2 aromatic rings. The van der Waals surface area contributed by atoms with Gasteiger partial charge in [0.1, 0.15) is 24.5 Å². The van der Waals surface area contributed by atoms with E-state index in [2.05, 4.69) is 15.9 Å². The first-order chi connectivity index (χ1) is 15.4. The summed E-state index contributed by atoms with van der Waals surface area (Å²) in [7, 11) is 0. The molecule has 1 atom stereocenters. The largest absolute Gasteiger partial charge is 0.492 e. The number of imide groups is 1. The van der Waals surface area contributed by atoms with E-state index in [1.807, 2.05) is 18.2 Å². The molecule has 4 heterocycles. The van der Waals surface area contributed by atoms with Crippen LogP contribution in [0.25, 0.3) is 11.1 Å². The second-order valence-electron chi connectivity index (χ2n) is 7.82. The number of nitrogens with zero attached hydrogens (tertiary/aromatic N) is 3. The standard InChI is InChI=1S/C22H17N3O7/c1-2-13-5-15(8-23-7-13)14-3-4-17-16(6-14)22(21(11-31-17)9-30-10-21)12-32-18(24-22)25(19(26)27)20(28)29/h1,3-8H,9-12H2,(H,26,27)(H,28,29). The van der Waals surface area contributed by atoms with E-state index in [0.29, 0.717) is 30.1 Å². The maximum atomic E-state index is 11.5. The van der Waals surface area contributed by atoms with Crippen LogP contribution in [-0.2, 0) is 15.0 Å². The number of pyridine rings is 1. The van der Waals surface area contributed by atoms with Gasteiger partial charge < -0.3 is 24.4 Å². The van der Waals surface area contributed by atoms with Crippen LogP contribution in [0.15, 0.2) is 41.7 Å². The number of rotatable bonds is 1. The lowest BCUT2D eigenvalue weighted by Gasteiger charge is -2.53. The minimum absolute atomic E-state index is 0.0504. The fourth-order valence-electron chi connectivity index (χ4n) is 4.29. The summed E-state index contributed by atoms with van der Waals surface area (Å²) in [5.41, 5.74) is 1.15. The minimum Gasteiger partial charge on any atom is -0.492 e. The predicted octanol–water partition coefficient (Wildman–Crippen LogP) is 2.38. The van der Waals surface area contributed by atoms with Crippen molar-refractivity contribution in [1.29, 1.82) is 0 Å². The monoisotopic (exact) mass is 435 g/mol. The van der Waals surface area contributed by atoms with E-state index in [1.165, 1.54) is 0 Å². The van der Waals surface area contributed by atoms with Crippen molar-refractivity contribution in [3.8, 4) is 29.2 Å². The van der Waals surface area contributed by atoms with Gasteiger partial charge in [0.2, 0.25) is 0 Å². The fourth-order valence-corrected chi connectivity index (χ4v) is 4.29. The molecule has 1 unspecified atom stereocenters. The number of hydrogen-bond donors (Lipinski definition) is 2. The van der Waals surface area contributed by atoms with Gasteiger partial charge in [0.25, 0.3) is 0 Å². The number of carboxylic acid groups (broad SMARTS) is 2. The number of fused-ring (bicyclic) bond motifs is 3. The molecule has 1 aromatic carbocycles. The molecular weight excluding hydrogens is 418 g/mol. The highest BCUT2D eigenvalue weighted by molar-refractivity contribution is 6.05. The van der Waals surface area contributed by atoms with Crippen molar-refractivity contribution in [2.45, 2.75) is 5.54 Å². The van der Waals surface area contributed by atoms with Gasteiger partial charge >= 0.3 is 18.2 Å². The summed E-state index contributed by atoms with van der Waals surface area (Å²) in [6, 6.07) is 6.85. The van der Waals surface area contributed by atoms with E-state index in [0.717, 1.165) is 11.1 Å². The predicted molar refractivity (Wildman–Crippen MR) is 109 cm³/mol. The first kappa shape index (κ1) is 19.8. The number of aromatic nitrogens is 1. The van der Waals surface area contributed by atoms with Crippen molar-refractivity contribution in [1.82, 2.24) is 9.88 Å². The molecule has 1 aromatic heterocycles. The molecule has 0 radical (unpaired) electrons. The highest BCUT2D eigenvalue weighted by Gasteiger charge is 2.64. The van der Waals surface area contributed by atoms with Crippen LogP contribution >= 0.6 is 0 Å². The average Bonchev–Trinajstić information content (AvgIpc) is 3.17. The molecule has 10 nitrogen and oxygen atoms in total. The molecule has 5 rings (SSSR count). The number of amides is 2. The van der Waals surface area contributed by atoms with Crippen molar-refractivity contribution >= 4 is 18.2 Å². The van der Waals surface area contributed by atoms with Crippen molar-refractivity contribution in [3.05, 3.63) is 47.8 Å². The molecule has 2 amide bonds. The number of hydrogen-bond acceptors (Lipinski definition) is 7. The smallest absolute Gasteiger partial charge is 0.425 e. The zero-order valence-corrected chi connectivity index (χ0v) is 16.6. The molecule has 0 aliphatic carbocycles. The summed E-state index contributed by atoms with van der Waals surface area (Å²) in [6.45, 7) is 0.842. The lowest BCUT2D eigenvalue weighted by atomic mass is 9.64. The Bertz CT molecular complexity index is 1200. The fraction of sp³-hybridized carbons (Fsp3) is 0.273. The van der Waals surface area contributed by atoms with Crippen molar-refractivity contribution in [3.63, 3.8) is 0 Å². The maximum Gasteiger partial charge on any atom is 0.425 e. The van der Waals surface area contributed by atoms with Crippen LogP contribution in [0, 0.1) is 17.8 Å². The van der Waals surface area contributed by atoms with Crippen molar-refractivity contribution < 1.29 is 34.0 Å². The van der Waals surface area contributed by atoms with Crippen LogP contribution in [0.1, 0.15) is 11.1 Å². The normalized spacial score (nSPS) is 22.0. The van der Waals surface area contributed by atoms with Gasteiger partial charge in [-0.1, -0.05) is 12.0 Å². The second kappa shape index (κ2) is 6.96. The molecule has 10 heteroatoms. The Morgan fingerprint density at radius 2 is 1.81 bits per heavy atom. The molecule has 0 saturated carbocycles. The van der Waals surface area contributed by atoms with Gasteiger partial charge in [-0.3, -0.25) is 4.98 Å². The highest BCUT2D eigenvalue weighted by atomic mass is 16.5. The molecule has 3 aliphatic heterocycles. The van der Waals surface area contributed by atoms with Gasteiger partial charge in [0, 0.05) is 29.1 Å². The number of amidine groups is 1. The summed E-state index contributed by atoms with van der Waals surface area (Å²) in [5.74, 6) is 3.11. The molecule has 2 N–H and O–H groups in total. The number of ether oxygens (including phenoxy) is 3. The lowest BCUT2D eigenvalue weighted by molar-refractivity contribution is -0.185. The molecular formula is C22H17N3O7. The zero-order chi connectivity index (χ0) is 22.5. The quantitative estimate of drug-likeness (QED) is 0.653. The number of carbonyl (C=O) groups is 2. The van der Waals surface area contributed by atoms with Gasteiger partial charge in [-0.05, 0) is 23.8 Å². The molecule has 1 saturated heterocycles. The van der Waals surface area contributed by atoms with E-state index < -0.39 is 29.2 Å². The molecule has 1 fully saturated rings. The summed E-state index contributed by atoms with van der Waals surface area (Å²) in [5, 5.41) is 18.7. The van der Waals surface area contributed by atoms with Crippen LogP contribution in [0.4, 0.5) is 9.59 Å².